The number of hydrogen-bond acceptors (Lipinski definition) is 4. The number of rotatable bonds is 4. The molecule has 1 saturated heterocycles. The topological polar surface area (TPSA) is 57.4 Å². The molecule has 1 aliphatic heterocycles. The highest BCUT2D eigenvalue weighted by Gasteiger charge is 2.50. The summed E-state index contributed by atoms with van der Waals surface area (Å²) in [7, 11) is -0.359. The Bertz CT molecular complexity index is 513. The monoisotopic (exact) mass is 288 g/mol. The highest BCUT2D eigenvalue weighted by atomic mass is 16.7. The van der Waals surface area contributed by atoms with Crippen molar-refractivity contribution in [1.82, 2.24) is 4.98 Å². The van der Waals surface area contributed by atoms with Gasteiger partial charge in [-0.25, -0.2) is 0 Å². The SMILES string of the molecule is CC[C@@H](N)c1cccnc1/C=C/B1OC(C)(C)C(C)(C)O1. The summed E-state index contributed by atoms with van der Waals surface area (Å²) in [5, 5.41) is 0. The zero-order valence-electron chi connectivity index (χ0n) is 13.6. The van der Waals surface area contributed by atoms with Crippen LogP contribution >= 0.6 is 0 Å². The van der Waals surface area contributed by atoms with Crippen molar-refractivity contribution in [2.75, 3.05) is 0 Å². The average Bonchev–Trinajstić information content (AvgIpc) is 2.64. The molecule has 0 radical (unpaired) electrons. The van der Waals surface area contributed by atoms with Gasteiger partial charge in [0.1, 0.15) is 0 Å². The second kappa shape index (κ2) is 5.91. The summed E-state index contributed by atoms with van der Waals surface area (Å²) in [4.78, 5) is 4.40. The molecule has 1 aliphatic rings. The van der Waals surface area contributed by atoms with Gasteiger partial charge in [0.05, 0.1) is 16.9 Å². The molecule has 5 heteroatoms. The highest BCUT2D eigenvalue weighted by molar-refractivity contribution is 6.52. The summed E-state index contributed by atoms with van der Waals surface area (Å²) in [6.45, 7) is 10.2. The molecular formula is C16H25BN2O2. The van der Waals surface area contributed by atoms with Crippen molar-refractivity contribution in [3.05, 3.63) is 35.6 Å². The van der Waals surface area contributed by atoms with Gasteiger partial charge in [0.25, 0.3) is 0 Å². The first-order chi connectivity index (χ1) is 9.77. The van der Waals surface area contributed by atoms with Gasteiger partial charge in [-0.2, -0.15) is 0 Å². The van der Waals surface area contributed by atoms with E-state index in [4.69, 9.17) is 15.0 Å². The van der Waals surface area contributed by atoms with Crippen LogP contribution in [-0.4, -0.2) is 23.3 Å². The van der Waals surface area contributed by atoms with Crippen LogP contribution in [0.3, 0.4) is 0 Å². The van der Waals surface area contributed by atoms with Crippen molar-refractivity contribution in [1.29, 1.82) is 0 Å². The van der Waals surface area contributed by atoms with E-state index in [1.807, 2.05) is 51.9 Å². The first kappa shape index (κ1) is 16.2. The molecule has 0 unspecified atom stereocenters. The fourth-order valence-electron chi connectivity index (χ4n) is 2.24. The quantitative estimate of drug-likeness (QED) is 0.865. The predicted octanol–water partition coefficient (Wildman–Crippen LogP) is 3.14. The molecule has 2 rings (SSSR count). The molecule has 1 fully saturated rings. The second-order valence-electron chi connectivity index (χ2n) is 6.48. The van der Waals surface area contributed by atoms with Crippen LogP contribution in [0.4, 0.5) is 0 Å². The third kappa shape index (κ3) is 3.36. The normalized spacial score (nSPS) is 21.9. The Hall–Kier alpha value is -1.17. The van der Waals surface area contributed by atoms with Crippen LogP contribution in [0.15, 0.2) is 24.3 Å². The molecule has 0 aliphatic carbocycles. The van der Waals surface area contributed by atoms with Crippen molar-refractivity contribution in [3.8, 4) is 0 Å². The van der Waals surface area contributed by atoms with Gasteiger partial charge in [0.2, 0.25) is 0 Å². The summed E-state index contributed by atoms with van der Waals surface area (Å²) >= 11 is 0. The van der Waals surface area contributed by atoms with Crippen molar-refractivity contribution >= 4 is 13.2 Å². The van der Waals surface area contributed by atoms with Crippen LogP contribution in [0.2, 0.25) is 0 Å². The summed E-state index contributed by atoms with van der Waals surface area (Å²) < 4.78 is 11.9. The van der Waals surface area contributed by atoms with Gasteiger partial charge < -0.3 is 15.0 Å². The van der Waals surface area contributed by atoms with E-state index >= 15 is 0 Å². The Morgan fingerprint density at radius 2 is 1.90 bits per heavy atom. The molecule has 1 aromatic rings. The lowest BCUT2D eigenvalue weighted by Gasteiger charge is -2.32. The van der Waals surface area contributed by atoms with E-state index in [0.717, 1.165) is 17.7 Å². The summed E-state index contributed by atoms with van der Waals surface area (Å²) in [6.07, 6.45) is 4.59. The lowest BCUT2D eigenvalue weighted by Crippen LogP contribution is -2.41. The Morgan fingerprint density at radius 3 is 2.48 bits per heavy atom. The minimum absolute atomic E-state index is 0.00310. The minimum atomic E-state index is -0.359. The van der Waals surface area contributed by atoms with Crippen molar-refractivity contribution < 1.29 is 9.31 Å². The van der Waals surface area contributed by atoms with Crippen molar-refractivity contribution in [3.63, 3.8) is 0 Å². The molecule has 0 amide bonds. The molecule has 21 heavy (non-hydrogen) atoms. The molecule has 2 N–H and O–H groups in total. The Morgan fingerprint density at radius 1 is 1.29 bits per heavy atom. The van der Waals surface area contributed by atoms with E-state index in [0.29, 0.717) is 0 Å². The second-order valence-corrected chi connectivity index (χ2v) is 6.48. The van der Waals surface area contributed by atoms with Gasteiger partial charge >= 0.3 is 7.12 Å². The Balaban J connectivity index is 2.17. The van der Waals surface area contributed by atoms with Crippen LogP contribution in [-0.2, 0) is 9.31 Å². The van der Waals surface area contributed by atoms with Gasteiger partial charge in [0.15, 0.2) is 0 Å². The number of aromatic nitrogens is 1. The molecule has 0 bridgehead atoms. The minimum Gasteiger partial charge on any atom is -0.400 e. The van der Waals surface area contributed by atoms with Gasteiger partial charge in [-0.05, 0) is 51.8 Å². The van der Waals surface area contributed by atoms with E-state index in [1.54, 1.807) is 6.20 Å². The molecule has 0 aromatic carbocycles. The van der Waals surface area contributed by atoms with E-state index in [1.165, 1.54) is 0 Å². The van der Waals surface area contributed by atoms with Crippen LogP contribution in [0.1, 0.15) is 58.3 Å². The maximum absolute atomic E-state index is 6.13. The lowest BCUT2D eigenvalue weighted by molar-refractivity contribution is 0.00578. The zero-order chi connectivity index (χ0) is 15.7. The maximum Gasteiger partial charge on any atom is 0.487 e. The molecule has 0 spiro atoms. The molecule has 1 aromatic heterocycles. The molecule has 0 saturated carbocycles. The van der Waals surface area contributed by atoms with Gasteiger partial charge in [-0.1, -0.05) is 19.0 Å². The number of nitrogens with two attached hydrogens (primary N) is 1. The van der Waals surface area contributed by atoms with E-state index in [2.05, 4.69) is 11.9 Å². The van der Waals surface area contributed by atoms with Crippen molar-refractivity contribution in [2.45, 2.75) is 58.3 Å². The van der Waals surface area contributed by atoms with E-state index in [9.17, 15) is 0 Å². The molecule has 114 valence electrons. The molecule has 1 atom stereocenters. The van der Waals surface area contributed by atoms with Crippen molar-refractivity contribution in [2.24, 2.45) is 5.73 Å². The first-order valence-electron chi connectivity index (χ1n) is 7.51. The zero-order valence-corrected chi connectivity index (χ0v) is 13.6. The van der Waals surface area contributed by atoms with Gasteiger partial charge in [-0.15, -0.1) is 0 Å². The van der Waals surface area contributed by atoms with E-state index in [-0.39, 0.29) is 24.4 Å². The average molecular weight is 288 g/mol. The van der Waals surface area contributed by atoms with Crippen LogP contribution < -0.4 is 5.73 Å². The molecule has 2 heterocycles. The number of hydrogen-bond donors (Lipinski definition) is 1. The summed E-state index contributed by atoms with van der Waals surface area (Å²) in [6, 6.07) is 3.93. The predicted molar refractivity (Wildman–Crippen MR) is 86.6 cm³/mol. The largest absolute Gasteiger partial charge is 0.487 e. The summed E-state index contributed by atoms with van der Waals surface area (Å²) in [5.41, 5.74) is 7.40. The lowest BCUT2D eigenvalue weighted by atomic mass is 9.89. The molecule has 4 nitrogen and oxygen atoms in total. The van der Waals surface area contributed by atoms with Crippen LogP contribution in [0, 0.1) is 0 Å². The third-order valence-electron chi connectivity index (χ3n) is 4.39. The Labute approximate surface area is 127 Å². The van der Waals surface area contributed by atoms with Gasteiger partial charge in [-0.3, -0.25) is 4.98 Å². The molecular weight excluding hydrogens is 263 g/mol. The summed E-state index contributed by atoms with van der Waals surface area (Å²) in [5.74, 6) is 1.91. The maximum atomic E-state index is 6.13. The third-order valence-corrected chi connectivity index (χ3v) is 4.39. The fourth-order valence-corrected chi connectivity index (χ4v) is 2.24. The van der Waals surface area contributed by atoms with E-state index < -0.39 is 0 Å². The number of nitrogens with zero attached hydrogens (tertiary/aromatic N) is 1. The highest BCUT2D eigenvalue weighted by Crippen LogP contribution is 2.37. The number of pyridine rings is 1. The fraction of sp³-hybridized carbons (Fsp3) is 0.562. The smallest absolute Gasteiger partial charge is 0.400 e. The Kier molecular flexibility index (Phi) is 4.56. The standard InChI is InChI=1S/C16H25BN2O2/c1-6-13(18)12-8-7-11-19-14(12)9-10-17-20-15(2,3)16(4,5)21-17/h7-11,13H,6,18H2,1-5H3/b10-9+/t13-/m1/s1. The van der Waals surface area contributed by atoms with Gasteiger partial charge in [0, 0.05) is 12.2 Å². The first-order valence-corrected chi connectivity index (χ1v) is 7.51. The van der Waals surface area contributed by atoms with Crippen LogP contribution in [0.5, 0.6) is 0 Å². The van der Waals surface area contributed by atoms with Crippen LogP contribution in [0.25, 0.3) is 6.08 Å².